The van der Waals surface area contributed by atoms with Gasteiger partial charge < -0.3 is 14.2 Å². The predicted octanol–water partition coefficient (Wildman–Crippen LogP) is 3.40. The number of benzene rings is 1. The maximum atomic E-state index is 12.7. The number of carbonyl (C=O) groups is 2. The number of furan rings is 1. The van der Waals surface area contributed by atoms with Crippen LogP contribution in [0.4, 0.5) is 0 Å². The Morgan fingerprint density at radius 2 is 1.76 bits per heavy atom. The van der Waals surface area contributed by atoms with E-state index in [1.54, 1.807) is 21.9 Å². The van der Waals surface area contributed by atoms with Gasteiger partial charge >= 0.3 is 0 Å². The molecule has 0 aliphatic carbocycles. The Morgan fingerprint density at radius 1 is 1.08 bits per heavy atom. The molecule has 0 spiro atoms. The van der Waals surface area contributed by atoms with Gasteiger partial charge in [-0.1, -0.05) is 23.7 Å². The van der Waals surface area contributed by atoms with Crippen LogP contribution in [0.1, 0.15) is 17.5 Å². The molecule has 1 aromatic carbocycles. The van der Waals surface area contributed by atoms with Crippen molar-refractivity contribution in [3.63, 3.8) is 0 Å². The first-order valence-electron chi connectivity index (χ1n) is 8.09. The van der Waals surface area contributed by atoms with E-state index in [1.165, 1.54) is 18.0 Å². The van der Waals surface area contributed by atoms with Gasteiger partial charge in [0, 0.05) is 31.1 Å². The molecule has 3 rings (SSSR count). The molecule has 2 amide bonds. The van der Waals surface area contributed by atoms with Crippen LogP contribution in [0, 0.1) is 0 Å². The smallest absolute Gasteiger partial charge is 0.289 e. The fourth-order valence-electron chi connectivity index (χ4n) is 2.72. The lowest BCUT2D eigenvalue weighted by Crippen LogP contribution is -2.52. The average Bonchev–Trinajstić information content (AvgIpc) is 3.17. The van der Waals surface area contributed by atoms with Gasteiger partial charge in [-0.25, -0.2) is 0 Å². The zero-order valence-corrected chi connectivity index (χ0v) is 15.4. The van der Waals surface area contributed by atoms with Gasteiger partial charge in [0.2, 0.25) is 5.91 Å². The van der Waals surface area contributed by atoms with Gasteiger partial charge in [-0.2, -0.15) is 0 Å². The van der Waals surface area contributed by atoms with E-state index in [4.69, 9.17) is 16.0 Å². The number of hydrogen-bond donors (Lipinski definition) is 0. The number of halogens is 1. The van der Waals surface area contributed by atoms with Gasteiger partial charge in [0.05, 0.1) is 16.5 Å². The first kappa shape index (κ1) is 17.9. The van der Waals surface area contributed by atoms with Crippen molar-refractivity contribution in [3.8, 4) is 0 Å². The number of piperazine rings is 1. The van der Waals surface area contributed by atoms with Crippen molar-refractivity contribution in [1.82, 2.24) is 9.80 Å². The molecule has 0 saturated carbocycles. The molecule has 0 bridgehead atoms. The van der Waals surface area contributed by atoms with Crippen LogP contribution in [0.15, 0.2) is 52.0 Å². The Labute approximate surface area is 155 Å². The second kappa shape index (κ2) is 7.97. The van der Waals surface area contributed by atoms with E-state index >= 15 is 0 Å². The van der Waals surface area contributed by atoms with Gasteiger partial charge in [0.15, 0.2) is 5.76 Å². The molecular formula is C18H19ClN2O3S. The van der Waals surface area contributed by atoms with Crippen molar-refractivity contribution in [2.45, 2.75) is 17.1 Å². The highest BCUT2D eigenvalue weighted by molar-refractivity contribution is 8.00. The molecule has 132 valence electrons. The maximum Gasteiger partial charge on any atom is 0.289 e. The Morgan fingerprint density at radius 3 is 2.40 bits per heavy atom. The quantitative estimate of drug-likeness (QED) is 0.765. The van der Waals surface area contributed by atoms with E-state index in [2.05, 4.69) is 0 Å². The third kappa shape index (κ3) is 4.19. The minimum atomic E-state index is -0.229. The summed E-state index contributed by atoms with van der Waals surface area (Å²) in [7, 11) is 0. The summed E-state index contributed by atoms with van der Waals surface area (Å²) in [5, 5.41) is 0.424. The fourth-order valence-corrected chi connectivity index (χ4v) is 3.96. The summed E-state index contributed by atoms with van der Waals surface area (Å²) in [6.45, 7) is 3.96. The summed E-state index contributed by atoms with van der Waals surface area (Å²) in [6.07, 6.45) is 1.49. The van der Waals surface area contributed by atoms with Crippen molar-refractivity contribution < 1.29 is 14.0 Å². The molecule has 25 heavy (non-hydrogen) atoms. The number of thioether (sulfide) groups is 1. The number of carbonyl (C=O) groups excluding carboxylic acids is 2. The highest BCUT2D eigenvalue weighted by atomic mass is 35.5. The van der Waals surface area contributed by atoms with E-state index < -0.39 is 0 Å². The zero-order chi connectivity index (χ0) is 17.8. The monoisotopic (exact) mass is 378 g/mol. The van der Waals surface area contributed by atoms with Gasteiger partial charge in [0.1, 0.15) is 0 Å². The second-order valence-electron chi connectivity index (χ2n) is 5.79. The van der Waals surface area contributed by atoms with E-state index in [-0.39, 0.29) is 17.1 Å². The largest absolute Gasteiger partial charge is 0.459 e. The van der Waals surface area contributed by atoms with Crippen molar-refractivity contribution in [1.29, 1.82) is 0 Å². The lowest BCUT2D eigenvalue weighted by Gasteiger charge is -2.35. The standard InChI is InChI=1S/C18H19ClN2O3S/c1-13(25-16-7-3-2-5-14(16)19)17(22)20-8-10-21(11-9-20)18(23)15-6-4-12-24-15/h2-7,12-13H,8-11H2,1H3. The van der Waals surface area contributed by atoms with E-state index in [0.717, 1.165) is 4.90 Å². The molecule has 2 aromatic rings. The molecule has 0 radical (unpaired) electrons. The van der Waals surface area contributed by atoms with Crippen LogP contribution >= 0.6 is 23.4 Å². The third-order valence-corrected chi connectivity index (χ3v) is 5.71. The number of amides is 2. The number of rotatable bonds is 4. The van der Waals surface area contributed by atoms with Crippen molar-refractivity contribution in [2.75, 3.05) is 26.2 Å². The normalized spacial score (nSPS) is 15.9. The van der Waals surface area contributed by atoms with Crippen molar-refractivity contribution in [3.05, 3.63) is 53.4 Å². The van der Waals surface area contributed by atoms with Crippen LogP contribution < -0.4 is 0 Å². The summed E-state index contributed by atoms with van der Waals surface area (Å²) in [4.78, 5) is 29.3. The van der Waals surface area contributed by atoms with E-state index in [0.29, 0.717) is 37.0 Å². The zero-order valence-electron chi connectivity index (χ0n) is 13.9. The third-order valence-electron chi connectivity index (χ3n) is 4.10. The summed E-state index contributed by atoms with van der Waals surface area (Å²) in [5.41, 5.74) is 0. The average molecular weight is 379 g/mol. The molecule has 1 fully saturated rings. The van der Waals surface area contributed by atoms with Crippen LogP contribution in [-0.2, 0) is 4.79 Å². The van der Waals surface area contributed by atoms with Crippen LogP contribution in [0.5, 0.6) is 0 Å². The lowest BCUT2D eigenvalue weighted by molar-refractivity contribution is -0.131. The van der Waals surface area contributed by atoms with E-state index in [1.807, 2.05) is 31.2 Å². The lowest BCUT2D eigenvalue weighted by atomic mass is 10.2. The summed E-state index contributed by atoms with van der Waals surface area (Å²) < 4.78 is 5.15. The van der Waals surface area contributed by atoms with Gasteiger partial charge in [0.25, 0.3) is 5.91 Å². The first-order chi connectivity index (χ1) is 12.1. The minimum Gasteiger partial charge on any atom is -0.459 e. The van der Waals surface area contributed by atoms with Gasteiger partial charge in [-0.3, -0.25) is 9.59 Å². The van der Waals surface area contributed by atoms with Gasteiger partial charge in [-0.05, 0) is 31.2 Å². The SMILES string of the molecule is CC(Sc1ccccc1Cl)C(=O)N1CCN(C(=O)c2ccco2)CC1. The molecule has 5 nitrogen and oxygen atoms in total. The molecule has 1 unspecified atom stereocenters. The topological polar surface area (TPSA) is 53.8 Å². The summed E-state index contributed by atoms with van der Waals surface area (Å²) in [5.74, 6) is 0.271. The van der Waals surface area contributed by atoms with Crippen molar-refractivity contribution >= 4 is 35.2 Å². The molecule has 1 atom stereocenters. The number of nitrogens with zero attached hydrogens (tertiary/aromatic N) is 2. The Hall–Kier alpha value is -1.92. The highest BCUT2D eigenvalue weighted by Gasteiger charge is 2.28. The molecule has 1 aliphatic heterocycles. The molecule has 2 heterocycles. The Balaban J connectivity index is 1.54. The maximum absolute atomic E-state index is 12.7. The van der Waals surface area contributed by atoms with Crippen LogP contribution in [0.3, 0.4) is 0 Å². The number of hydrogen-bond acceptors (Lipinski definition) is 4. The molecule has 7 heteroatoms. The Kier molecular flexibility index (Phi) is 5.71. The fraction of sp³-hybridized carbons (Fsp3) is 0.333. The predicted molar refractivity (Wildman–Crippen MR) is 98.0 cm³/mol. The minimum absolute atomic E-state index is 0.0648. The van der Waals surface area contributed by atoms with Gasteiger partial charge in [-0.15, -0.1) is 11.8 Å². The van der Waals surface area contributed by atoms with E-state index in [9.17, 15) is 9.59 Å². The van der Waals surface area contributed by atoms with Crippen LogP contribution in [0.2, 0.25) is 5.02 Å². The van der Waals surface area contributed by atoms with Crippen LogP contribution in [-0.4, -0.2) is 53.0 Å². The molecule has 1 aromatic heterocycles. The molecule has 1 saturated heterocycles. The summed E-state index contributed by atoms with van der Waals surface area (Å²) >= 11 is 7.62. The second-order valence-corrected chi connectivity index (χ2v) is 7.58. The molecule has 0 N–H and O–H groups in total. The van der Waals surface area contributed by atoms with Crippen molar-refractivity contribution in [2.24, 2.45) is 0 Å². The Bertz CT molecular complexity index is 743. The van der Waals surface area contributed by atoms with Crippen LogP contribution in [0.25, 0.3) is 0 Å². The highest BCUT2D eigenvalue weighted by Crippen LogP contribution is 2.30. The molecular weight excluding hydrogens is 360 g/mol. The molecule has 1 aliphatic rings. The first-order valence-corrected chi connectivity index (χ1v) is 9.35. The summed E-state index contributed by atoms with van der Waals surface area (Å²) in [6, 6.07) is 10.9.